The van der Waals surface area contributed by atoms with Crippen LogP contribution in [0.4, 0.5) is 5.69 Å². The van der Waals surface area contributed by atoms with E-state index in [-0.39, 0.29) is 11.9 Å². The fraction of sp³-hybridized carbons (Fsp3) is 0.350. The summed E-state index contributed by atoms with van der Waals surface area (Å²) in [6, 6.07) is 17.3. The average molecular weight is 340 g/mol. The van der Waals surface area contributed by atoms with E-state index < -0.39 is 0 Å². The zero-order valence-corrected chi connectivity index (χ0v) is 14.5. The zero-order valence-electron chi connectivity index (χ0n) is 14.5. The minimum atomic E-state index is -0.169. The molecule has 3 rings (SSSR count). The largest absolute Gasteiger partial charge is 0.489 e. The Bertz CT molecular complexity index is 667. The topological polar surface area (TPSA) is 50.8 Å². The smallest absolute Gasteiger partial charge is 0.241 e. The van der Waals surface area contributed by atoms with Crippen molar-refractivity contribution in [2.75, 3.05) is 31.6 Å². The monoisotopic (exact) mass is 340 g/mol. The zero-order chi connectivity index (χ0) is 17.5. The van der Waals surface area contributed by atoms with Gasteiger partial charge < -0.3 is 14.8 Å². The Kier molecular flexibility index (Phi) is 6.04. The van der Waals surface area contributed by atoms with Gasteiger partial charge in [0, 0.05) is 18.8 Å². The molecule has 1 fully saturated rings. The Hall–Kier alpha value is -2.37. The molecular weight excluding hydrogens is 316 g/mol. The van der Waals surface area contributed by atoms with Crippen molar-refractivity contribution in [1.82, 2.24) is 4.90 Å². The number of amides is 1. The van der Waals surface area contributed by atoms with Crippen LogP contribution in [0.25, 0.3) is 0 Å². The summed E-state index contributed by atoms with van der Waals surface area (Å²) in [7, 11) is 0. The van der Waals surface area contributed by atoms with Crippen LogP contribution in [0.3, 0.4) is 0 Å². The highest BCUT2D eigenvalue weighted by molar-refractivity contribution is 5.94. The number of rotatable bonds is 6. The third-order valence-electron chi connectivity index (χ3n) is 4.34. The molecule has 1 N–H and O–H groups in total. The lowest BCUT2D eigenvalue weighted by Gasteiger charge is -2.31. The predicted octanol–water partition coefficient (Wildman–Crippen LogP) is 2.92. The summed E-state index contributed by atoms with van der Waals surface area (Å²) in [6.45, 7) is 5.41. The lowest BCUT2D eigenvalue weighted by atomic mass is 10.2. The quantitative estimate of drug-likeness (QED) is 0.878. The summed E-state index contributed by atoms with van der Waals surface area (Å²) in [6.07, 6.45) is 0. The lowest BCUT2D eigenvalue weighted by Crippen LogP contribution is -2.47. The minimum absolute atomic E-state index is 0.000135. The van der Waals surface area contributed by atoms with E-state index in [0.717, 1.165) is 30.1 Å². The van der Waals surface area contributed by atoms with Crippen LogP contribution in [0.1, 0.15) is 12.5 Å². The second-order valence-electron chi connectivity index (χ2n) is 6.11. The van der Waals surface area contributed by atoms with E-state index in [1.165, 1.54) is 0 Å². The molecule has 0 aromatic heterocycles. The molecule has 1 aliphatic heterocycles. The molecule has 0 spiro atoms. The summed E-state index contributed by atoms with van der Waals surface area (Å²) < 4.78 is 11.1. The standard InChI is InChI=1S/C20H24N2O3/c1-16(22-11-13-24-14-12-22)20(23)21-18-7-9-19(10-8-18)25-15-17-5-3-2-4-6-17/h2-10,16H,11-15H2,1H3,(H,21,23)/t16-/m0/s1. The number of ether oxygens (including phenoxy) is 2. The van der Waals surface area contributed by atoms with Gasteiger partial charge in [0.05, 0.1) is 19.3 Å². The summed E-state index contributed by atoms with van der Waals surface area (Å²) >= 11 is 0. The lowest BCUT2D eigenvalue weighted by molar-refractivity contribution is -0.122. The van der Waals surface area contributed by atoms with Crippen LogP contribution in [-0.2, 0) is 16.1 Å². The van der Waals surface area contributed by atoms with Gasteiger partial charge >= 0.3 is 0 Å². The van der Waals surface area contributed by atoms with Crippen LogP contribution >= 0.6 is 0 Å². The third kappa shape index (κ3) is 5.05. The van der Waals surface area contributed by atoms with Crippen molar-refractivity contribution in [1.29, 1.82) is 0 Å². The molecule has 1 aliphatic rings. The van der Waals surface area contributed by atoms with E-state index in [2.05, 4.69) is 10.2 Å². The van der Waals surface area contributed by atoms with Crippen molar-refractivity contribution in [3.63, 3.8) is 0 Å². The van der Waals surface area contributed by atoms with Crippen molar-refractivity contribution >= 4 is 11.6 Å². The van der Waals surface area contributed by atoms with Gasteiger partial charge in [-0.1, -0.05) is 30.3 Å². The van der Waals surface area contributed by atoms with E-state index in [9.17, 15) is 4.79 Å². The minimum Gasteiger partial charge on any atom is -0.489 e. The van der Waals surface area contributed by atoms with E-state index >= 15 is 0 Å². The van der Waals surface area contributed by atoms with Crippen LogP contribution in [0.15, 0.2) is 54.6 Å². The van der Waals surface area contributed by atoms with Crippen molar-refractivity contribution in [3.05, 3.63) is 60.2 Å². The Labute approximate surface area is 148 Å². The first-order valence-corrected chi connectivity index (χ1v) is 8.62. The van der Waals surface area contributed by atoms with E-state index in [1.807, 2.05) is 61.5 Å². The summed E-state index contributed by atoms with van der Waals surface area (Å²) in [5.41, 5.74) is 1.90. The van der Waals surface area contributed by atoms with Gasteiger partial charge in [-0.2, -0.15) is 0 Å². The molecule has 1 heterocycles. The van der Waals surface area contributed by atoms with Crippen LogP contribution in [0.5, 0.6) is 5.75 Å². The Morgan fingerprint density at radius 3 is 2.48 bits per heavy atom. The van der Waals surface area contributed by atoms with E-state index in [1.54, 1.807) is 0 Å². The molecule has 0 unspecified atom stereocenters. The molecule has 0 bridgehead atoms. The van der Waals surface area contributed by atoms with E-state index in [0.29, 0.717) is 19.8 Å². The van der Waals surface area contributed by atoms with Gasteiger partial charge in [0.1, 0.15) is 12.4 Å². The fourth-order valence-corrected chi connectivity index (χ4v) is 2.75. The molecule has 0 radical (unpaired) electrons. The first-order chi connectivity index (χ1) is 12.2. The van der Waals surface area contributed by atoms with Crippen LogP contribution in [-0.4, -0.2) is 43.2 Å². The first-order valence-electron chi connectivity index (χ1n) is 8.62. The molecule has 132 valence electrons. The van der Waals surface area contributed by atoms with Gasteiger partial charge in [-0.05, 0) is 36.8 Å². The highest BCUT2D eigenvalue weighted by Gasteiger charge is 2.23. The van der Waals surface area contributed by atoms with Gasteiger partial charge in [-0.3, -0.25) is 9.69 Å². The Morgan fingerprint density at radius 2 is 1.80 bits per heavy atom. The highest BCUT2D eigenvalue weighted by atomic mass is 16.5. The van der Waals surface area contributed by atoms with Crippen LogP contribution < -0.4 is 10.1 Å². The first kappa shape index (κ1) is 17.5. The number of hydrogen-bond acceptors (Lipinski definition) is 4. The van der Waals surface area contributed by atoms with Crippen molar-refractivity contribution < 1.29 is 14.3 Å². The second kappa shape index (κ2) is 8.65. The van der Waals surface area contributed by atoms with Crippen molar-refractivity contribution in [2.45, 2.75) is 19.6 Å². The molecule has 2 aromatic carbocycles. The van der Waals surface area contributed by atoms with Crippen molar-refractivity contribution in [2.24, 2.45) is 0 Å². The number of carbonyl (C=O) groups excluding carboxylic acids is 1. The third-order valence-corrected chi connectivity index (χ3v) is 4.34. The maximum absolute atomic E-state index is 12.4. The molecule has 0 saturated carbocycles. The van der Waals surface area contributed by atoms with Crippen molar-refractivity contribution in [3.8, 4) is 5.75 Å². The summed E-state index contributed by atoms with van der Waals surface area (Å²) in [5, 5.41) is 2.96. The normalized spacial score (nSPS) is 16.2. The van der Waals surface area contributed by atoms with Gasteiger partial charge in [0.25, 0.3) is 0 Å². The number of nitrogens with zero attached hydrogens (tertiary/aromatic N) is 1. The number of carbonyl (C=O) groups is 1. The average Bonchev–Trinajstić information content (AvgIpc) is 2.68. The molecule has 25 heavy (non-hydrogen) atoms. The predicted molar refractivity (Wildman–Crippen MR) is 97.7 cm³/mol. The molecular formula is C20H24N2O3. The van der Waals surface area contributed by atoms with Gasteiger partial charge in [0.2, 0.25) is 5.91 Å². The number of morpholine rings is 1. The highest BCUT2D eigenvalue weighted by Crippen LogP contribution is 2.18. The molecule has 1 amide bonds. The van der Waals surface area contributed by atoms with Gasteiger partial charge in [-0.15, -0.1) is 0 Å². The number of benzene rings is 2. The Morgan fingerprint density at radius 1 is 1.12 bits per heavy atom. The summed E-state index contributed by atoms with van der Waals surface area (Å²) in [5.74, 6) is 0.780. The molecule has 0 aliphatic carbocycles. The number of hydrogen-bond donors (Lipinski definition) is 1. The fourth-order valence-electron chi connectivity index (χ4n) is 2.75. The second-order valence-corrected chi connectivity index (χ2v) is 6.11. The van der Waals surface area contributed by atoms with E-state index in [4.69, 9.17) is 9.47 Å². The maximum Gasteiger partial charge on any atom is 0.241 e. The SMILES string of the molecule is C[C@@H](C(=O)Nc1ccc(OCc2ccccc2)cc1)N1CCOCC1. The number of nitrogens with one attached hydrogen (secondary N) is 1. The molecule has 1 atom stereocenters. The van der Waals surface area contributed by atoms with Gasteiger partial charge in [0.15, 0.2) is 0 Å². The van der Waals surface area contributed by atoms with Crippen LogP contribution in [0, 0.1) is 0 Å². The number of anilines is 1. The molecule has 5 heteroatoms. The molecule has 1 saturated heterocycles. The van der Waals surface area contributed by atoms with Crippen LogP contribution in [0.2, 0.25) is 0 Å². The van der Waals surface area contributed by atoms with Gasteiger partial charge in [-0.25, -0.2) is 0 Å². The Balaban J connectivity index is 1.50. The molecule has 5 nitrogen and oxygen atoms in total. The maximum atomic E-state index is 12.4. The summed E-state index contributed by atoms with van der Waals surface area (Å²) in [4.78, 5) is 14.5. The molecule has 2 aromatic rings.